The molecule has 3 N–H and O–H groups in total. The molecular weight excluding hydrogens is 207 g/mol. The van der Waals surface area contributed by atoms with Gasteiger partial charge in [-0.25, -0.2) is 0 Å². The average molecular weight is 219 g/mol. The standard InChI is InChI=1S/C9H11ClN2.ClH/c10-8-3-1-2-7(6-8)4-5-9(11)12;/h1-3,6H,4-5H2,(H3,11,12);1H. The number of nitrogens with two attached hydrogens (primary N) is 1. The van der Waals surface area contributed by atoms with Gasteiger partial charge in [-0.15, -0.1) is 12.4 Å². The van der Waals surface area contributed by atoms with Crippen LogP contribution >= 0.6 is 24.0 Å². The van der Waals surface area contributed by atoms with Gasteiger partial charge in [0.05, 0.1) is 5.84 Å². The SMILES string of the molecule is Cl.N=C(N)CCc1cccc(Cl)c1. The molecule has 0 bridgehead atoms. The Kier molecular flexibility index (Phi) is 5.51. The van der Waals surface area contributed by atoms with E-state index in [1.807, 2.05) is 24.3 Å². The average Bonchev–Trinajstić information content (AvgIpc) is 2.01. The van der Waals surface area contributed by atoms with Gasteiger partial charge in [0.1, 0.15) is 0 Å². The van der Waals surface area contributed by atoms with Crippen molar-refractivity contribution < 1.29 is 0 Å². The molecule has 1 aromatic rings. The summed E-state index contributed by atoms with van der Waals surface area (Å²) in [7, 11) is 0. The third-order valence-electron chi connectivity index (χ3n) is 1.57. The van der Waals surface area contributed by atoms with E-state index >= 15 is 0 Å². The molecule has 1 aromatic carbocycles. The molecule has 0 aliphatic carbocycles. The van der Waals surface area contributed by atoms with Crippen LogP contribution in [-0.2, 0) is 6.42 Å². The molecule has 0 atom stereocenters. The van der Waals surface area contributed by atoms with Gasteiger partial charge in [0.15, 0.2) is 0 Å². The molecule has 0 aromatic heterocycles. The van der Waals surface area contributed by atoms with Crippen LogP contribution in [0.25, 0.3) is 0 Å². The summed E-state index contributed by atoms with van der Waals surface area (Å²) in [6.45, 7) is 0. The van der Waals surface area contributed by atoms with E-state index in [9.17, 15) is 0 Å². The lowest BCUT2D eigenvalue weighted by atomic mass is 10.1. The molecule has 0 spiro atoms. The van der Waals surface area contributed by atoms with E-state index in [0.717, 1.165) is 17.0 Å². The summed E-state index contributed by atoms with van der Waals surface area (Å²) >= 11 is 5.78. The molecule has 0 radical (unpaired) electrons. The summed E-state index contributed by atoms with van der Waals surface area (Å²) in [6.07, 6.45) is 1.39. The van der Waals surface area contributed by atoms with E-state index < -0.39 is 0 Å². The molecule has 4 heteroatoms. The van der Waals surface area contributed by atoms with Crippen LogP contribution in [0.3, 0.4) is 0 Å². The first-order valence-corrected chi connectivity index (χ1v) is 4.13. The second kappa shape index (κ2) is 5.84. The normalized spacial score (nSPS) is 9.00. The number of halogens is 2. The second-order valence-electron chi connectivity index (χ2n) is 2.66. The fraction of sp³-hybridized carbons (Fsp3) is 0.222. The Balaban J connectivity index is 0.00000144. The van der Waals surface area contributed by atoms with Crippen LogP contribution in [0.2, 0.25) is 5.02 Å². The van der Waals surface area contributed by atoms with Gasteiger partial charge in [-0.1, -0.05) is 23.7 Å². The van der Waals surface area contributed by atoms with Crippen molar-refractivity contribution in [2.24, 2.45) is 5.73 Å². The van der Waals surface area contributed by atoms with E-state index in [0.29, 0.717) is 6.42 Å². The first-order chi connectivity index (χ1) is 5.68. The van der Waals surface area contributed by atoms with Crippen molar-refractivity contribution in [1.29, 1.82) is 5.41 Å². The lowest BCUT2D eigenvalue weighted by molar-refractivity contribution is 1.02. The zero-order valence-corrected chi connectivity index (χ0v) is 8.66. The molecule has 72 valence electrons. The summed E-state index contributed by atoms with van der Waals surface area (Å²) in [5.41, 5.74) is 6.35. The van der Waals surface area contributed by atoms with Gasteiger partial charge in [0.2, 0.25) is 0 Å². The van der Waals surface area contributed by atoms with Gasteiger partial charge in [0, 0.05) is 11.4 Å². The van der Waals surface area contributed by atoms with Gasteiger partial charge < -0.3 is 5.73 Å². The van der Waals surface area contributed by atoms with Crippen LogP contribution < -0.4 is 5.73 Å². The van der Waals surface area contributed by atoms with Crippen molar-refractivity contribution in [3.8, 4) is 0 Å². The fourth-order valence-electron chi connectivity index (χ4n) is 0.971. The predicted molar refractivity (Wildman–Crippen MR) is 58.9 cm³/mol. The van der Waals surface area contributed by atoms with Crippen molar-refractivity contribution >= 4 is 29.8 Å². The topological polar surface area (TPSA) is 49.9 Å². The Morgan fingerprint density at radius 3 is 2.69 bits per heavy atom. The maximum Gasteiger partial charge on any atom is 0.0908 e. The van der Waals surface area contributed by atoms with E-state index in [1.54, 1.807) is 0 Å². The summed E-state index contributed by atoms with van der Waals surface area (Å²) in [6, 6.07) is 7.61. The second-order valence-corrected chi connectivity index (χ2v) is 3.09. The Morgan fingerprint density at radius 2 is 2.15 bits per heavy atom. The quantitative estimate of drug-likeness (QED) is 0.595. The lowest BCUT2D eigenvalue weighted by Crippen LogP contribution is -2.10. The number of amidine groups is 1. The number of rotatable bonds is 3. The molecule has 0 aliphatic rings. The van der Waals surface area contributed by atoms with Crippen molar-refractivity contribution in [2.75, 3.05) is 0 Å². The summed E-state index contributed by atoms with van der Waals surface area (Å²) in [5.74, 6) is 0.218. The Bertz CT molecular complexity index is 287. The number of nitrogens with one attached hydrogen (secondary N) is 1. The summed E-state index contributed by atoms with van der Waals surface area (Å²) < 4.78 is 0. The Hall–Kier alpha value is -0.730. The highest BCUT2D eigenvalue weighted by atomic mass is 35.5. The maximum absolute atomic E-state index is 7.04. The predicted octanol–water partition coefficient (Wildman–Crippen LogP) is 2.63. The molecule has 0 amide bonds. The minimum atomic E-state index is 0. The molecule has 0 aliphatic heterocycles. The van der Waals surface area contributed by atoms with Crippen LogP contribution in [0, 0.1) is 5.41 Å². The minimum absolute atomic E-state index is 0. The highest BCUT2D eigenvalue weighted by Gasteiger charge is 1.95. The van der Waals surface area contributed by atoms with Gasteiger partial charge in [-0.05, 0) is 24.1 Å². The lowest BCUT2D eigenvalue weighted by Gasteiger charge is -1.99. The fourth-order valence-corrected chi connectivity index (χ4v) is 1.18. The van der Waals surface area contributed by atoms with E-state index in [1.165, 1.54) is 0 Å². The molecular formula is C9H12Cl2N2. The molecule has 2 nitrogen and oxygen atoms in total. The first-order valence-electron chi connectivity index (χ1n) is 3.76. The highest BCUT2D eigenvalue weighted by molar-refractivity contribution is 6.30. The molecule has 0 heterocycles. The van der Waals surface area contributed by atoms with Gasteiger partial charge in [0.25, 0.3) is 0 Å². The monoisotopic (exact) mass is 218 g/mol. The van der Waals surface area contributed by atoms with Gasteiger partial charge in [-0.3, -0.25) is 5.41 Å². The third kappa shape index (κ3) is 4.76. The van der Waals surface area contributed by atoms with Crippen LogP contribution in [0.5, 0.6) is 0 Å². The molecule has 0 saturated heterocycles. The van der Waals surface area contributed by atoms with Crippen LogP contribution in [0.4, 0.5) is 0 Å². The van der Waals surface area contributed by atoms with Crippen molar-refractivity contribution in [2.45, 2.75) is 12.8 Å². The number of benzene rings is 1. The van der Waals surface area contributed by atoms with Crippen LogP contribution in [0.15, 0.2) is 24.3 Å². The van der Waals surface area contributed by atoms with E-state index in [2.05, 4.69) is 0 Å². The molecule has 0 fully saturated rings. The summed E-state index contributed by atoms with van der Waals surface area (Å²) in [4.78, 5) is 0. The van der Waals surface area contributed by atoms with Crippen molar-refractivity contribution in [3.63, 3.8) is 0 Å². The first kappa shape index (κ1) is 12.3. The highest BCUT2D eigenvalue weighted by Crippen LogP contribution is 2.11. The van der Waals surface area contributed by atoms with E-state index in [-0.39, 0.29) is 18.2 Å². The Labute approximate surface area is 89.0 Å². The van der Waals surface area contributed by atoms with Crippen molar-refractivity contribution in [1.82, 2.24) is 0 Å². The minimum Gasteiger partial charge on any atom is -0.388 e. The zero-order valence-electron chi connectivity index (χ0n) is 7.09. The van der Waals surface area contributed by atoms with Crippen LogP contribution in [0.1, 0.15) is 12.0 Å². The van der Waals surface area contributed by atoms with Gasteiger partial charge in [-0.2, -0.15) is 0 Å². The van der Waals surface area contributed by atoms with Crippen LogP contribution in [-0.4, -0.2) is 5.84 Å². The van der Waals surface area contributed by atoms with E-state index in [4.69, 9.17) is 22.7 Å². The smallest absolute Gasteiger partial charge is 0.0908 e. The number of hydrogen-bond acceptors (Lipinski definition) is 1. The largest absolute Gasteiger partial charge is 0.388 e. The number of hydrogen-bond donors (Lipinski definition) is 2. The Morgan fingerprint density at radius 1 is 1.46 bits per heavy atom. The zero-order chi connectivity index (χ0) is 8.97. The third-order valence-corrected chi connectivity index (χ3v) is 1.81. The molecule has 0 unspecified atom stereocenters. The maximum atomic E-state index is 7.04. The molecule has 1 rings (SSSR count). The summed E-state index contributed by atoms with van der Waals surface area (Å²) in [5, 5.41) is 7.77. The van der Waals surface area contributed by atoms with Gasteiger partial charge >= 0.3 is 0 Å². The van der Waals surface area contributed by atoms with Crippen molar-refractivity contribution in [3.05, 3.63) is 34.9 Å². The number of aryl methyl sites for hydroxylation is 1. The molecule has 0 saturated carbocycles. The molecule has 13 heavy (non-hydrogen) atoms.